The number of nitrogens with two attached hydrogens (primary N) is 1. The monoisotopic (exact) mass is 219 g/mol. The SMILES string of the molecule is COc1ccccc1OCc1[nH]cnc1N. The number of rotatable bonds is 4. The first kappa shape index (κ1) is 10.4. The second-order valence-corrected chi connectivity index (χ2v) is 3.21. The number of aromatic nitrogens is 2. The molecule has 0 bridgehead atoms. The molecule has 3 N–H and O–H groups in total. The van der Waals surface area contributed by atoms with Gasteiger partial charge in [0, 0.05) is 0 Å². The number of nitrogen functional groups attached to an aromatic ring is 1. The van der Waals surface area contributed by atoms with Gasteiger partial charge in [-0.2, -0.15) is 0 Å². The number of H-pyrrole nitrogens is 1. The number of para-hydroxylation sites is 2. The molecule has 1 aromatic carbocycles. The van der Waals surface area contributed by atoms with Gasteiger partial charge in [0.1, 0.15) is 12.4 Å². The Kier molecular flexibility index (Phi) is 2.95. The molecule has 0 atom stereocenters. The Balaban J connectivity index is 2.07. The molecule has 2 rings (SSSR count). The van der Waals surface area contributed by atoms with Gasteiger partial charge in [-0.05, 0) is 12.1 Å². The van der Waals surface area contributed by atoms with Crippen molar-refractivity contribution in [2.75, 3.05) is 12.8 Å². The largest absolute Gasteiger partial charge is 0.493 e. The highest BCUT2D eigenvalue weighted by atomic mass is 16.5. The minimum atomic E-state index is 0.339. The summed E-state index contributed by atoms with van der Waals surface area (Å²) in [5.74, 6) is 1.83. The van der Waals surface area contributed by atoms with Crippen molar-refractivity contribution in [1.29, 1.82) is 0 Å². The van der Waals surface area contributed by atoms with Crippen LogP contribution in [-0.2, 0) is 6.61 Å². The van der Waals surface area contributed by atoms with Gasteiger partial charge in [0.25, 0.3) is 0 Å². The van der Waals surface area contributed by atoms with E-state index in [9.17, 15) is 0 Å². The van der Waals surface area contributed by atoms with E-state index in [1.165, 1.54) is 6.33 Å². The lowest BCUT2D eigenvalue weighted by molar-refractivity contribution is 0.282. The van der Waals surface area contributed by atoms with Gasteiger partial charge in [0.2, 0.25) is 0 Å². The van der Waals surface area contributed by atoms with E-state index in [0.29, 0.717) is 23.9 Å². The first-order chi connectivity index (χ1) is 7.81. The molecule has 1 heterocycles. The minimum absolute atomic E-state index is 0.339. The Labute approximate surface area is 93.2 Å². The molecular formula is C11H13N3O2. The van der Waals surface area contributed by atoms with Gasteiger partial charge >= 0.3 is 0 Å². The molecule has 0 saturated carbocycles. The fourth-order valence-corrected chi connectivity index (χ4v) is 1.34. The average molecular weight is 219 g/mol. The summed E-state index contributed by atoms with van der Waals surface area (Å²) in [5.41, 5.74) is 6.38. The van der Waals surface area contributed by atoms with E-state index in [4.69, 9.17) is 15.2 Å². The molecule has 1 aromatic heterocycles. The standard InChI is InChI=1S/C11H13N3O2/c1-15-9-4-2-3-5-10(9)16-6-8-11(12)14-7-13-8/h2-5,7H,6,12H2,1H3,(H,13,14). The van der Waals surface area contributed by atoms with Crippen LogP contribution in [0.4, 0.5) is 5.82 Å². The van der Waals surface area contributed by atoms with Crippen LogP contribution in [0.2, 0.25) is 0 Å². The van der Waals surface area contributed by atoms with Crippen LogP contribution in [0.15, 0.2) is 30.6 Å². The van der Waals surface area contributed by atoms with Crippen molar-refractivity contribution in [2.45, 2.75) is 6.61 Å². The summed E-state index contributed by atoms with van der Waals surface area (Å²) >= 11 is 0. The number of nitrogens with zero attached hydrogens (tertiary/aromatic N) is 1. The molecule has 0 radical (unpaired) electrons. The molecule has 84 valence electrons. The van der Waals surface area contributed by atoms with Crippen molar-refractivity contribution >= 4 is 5.82 Å². The molecule has 2 aromatic rings. The van der Waals surface area contributed by atoms with E-state index < -0.39 is 0 Å². The van der Waals surface area contributed by atoms with E-state index >= 15 is 0 Å². The fraction of sp³-hybridized carbons (Fsp3) is 0.182. The fourth-order valence-electron chi connectivity index (χ4n) is 1.34. The van der Waals surface area contributed by atoms with Crippen LogP contribution < -0.4 is 15.2 Å². The summed E-state index contributed by atoms with van der Waals surface area (Å²) in [6, 6.07) is 7.45. The topological polar surface area (TPSA) is 73.2 Å². The van der Waals surface area contributed by atoms with Crippen LogP contribution in [0.25, 0.3) is 0 Å². The summed E-state index contributed by atoms with van der Waals surface area (Å²) in [6.45, 7) is 0.339. The van der Waals surface area contributed by atoms with Crippen LogP contribution in [-0.4, -0.2) is 17.1 Å². The number of hydrogen-bond donors (Lipinski definition) is 2. The zero-order chi connectivity index (χ0) is 11.4. The van der Waals surface area contributed by atoms with Gasteiger partial charge in [-0.15, -0.1) is 0 Å². The molecule has 0 aliphatic rings. The Bertz CT molecular complexity index is 468. The minimum Gasteiger partial charge on any atom is -0.493 e. The highest BCUT2D eigenvalue weighted by Gasteiger charge is 2.05. The first-order valence-electron chi connectivity index (χ1n) is 4.85. The van der Waals surface area contributed by atoms with Gasteiger partial charge in [-0.1, -0.05) is 12.1 Å². The quantitative estimate of drug-likeness (QED) is 0.818. The lowest BCUT2D eigenvalue weighted by atomic mass is 10.3. The number of methoxy groups -OCH3 is 1. The predicted octanol–water partition coefficient (Wildman–Crippen LogP) is 1.58. The van der Waals surface area contributed by atoms with Crippen molar-refractivity contribution in [3.8, 4) is 11.5 Å². The van der Waals surface area contributed by atoms with Crippen LogP contribution in [0.5, 0.6) is 11.5 Å². The molecule has 5 heteroatoms. The summed E-state index contributed by atoms with van der Waals surface area (Å²) in [7, 11) is 1.60. The lowest BCUT2D eigenvalue weighted by Gasteiger charge is -2.09. The third kappa shape index (κ3) is 2.08. The Hall–Kier alpha value is -2.17. The van der Waals surface area contributed by atoms with Gasteiger partial charge in [-0.25, -0.2) is 4.98 Å². The normalized spacial score (nSPS) is 10.1. The molecule has 0 spiro atoms. The van der Waals surface area contributed by atoms with E-state index in [2.05, 4.69) is 9.97 Å². The summed E-state index contributed by atoms with van der Waals surface area (Å²) < 4.78 is 10.7. The zero-order valence-corrected chi connectivity index (χ0v) is 8.93. The van der Waals surface area contributed by atoms with Gasteiger partial charge in [0.15, 0.2) is 11.5 Å². The highest BCUT2D eigenvalue weighted by molar-refractivity contribution is 5.40. The number of anilines is 1. The molecular weight excluding hydrogens is 206 g/mol. The Morgan fingerprint density at radius 3 is 2.69 bits per heavy atom. The predicted molar refractivity (Wildman–Crippen MR) is 60.3 cm³/mol. The third-order valence-electron chi connectivity index (χ3n) is 2.19. The van der Waals surface area contributed by atoms with Crippen molar-refractivity contribution in [3.05, 3.63) is 36.3 Å². The number of aromatic amines is 1. The van der Waals surface area contributed by atoms with Crippen molar-refractivity contribution in [2.24, 2.45) is 0 Å². The van der Waals surface area contributed by atoms with E-state index in [0.717, 1.165) is 5.69 Å². The molecule has 0 fully saturated rings. The van der Waals surface area contributed by atoms with Gasteiger partial charge < -0.3 is 20.2 Å². The summed E-state index contributed by atoms with van der Waals surface area (Å²) in [5, 5.41) is 0. The third-order valence-corrected chi connectivity index (χ3v) is 2.19. The van der Waals surface area contributed by atoms with E-state index in [1.807, 2.05) is 24.3 Å². The Morgan fingerprint density at radius 1 is 1.31 bits per heavy atom. The second kappa shape index (κ2) is 4.57. The highest BCUT2D eigenvalue weighted by Crippen LogP contribution is 2.26. The molecule has 0 unspecified atom stereocenters. The maximum atomic E-state index is 5.62. The number of nitrogens with one attached hydrogen (secondary N) is 1. The van der Waals surface area contributed by atoms with Crippen LogP contribution in [0.3, 0.4) is 0 Å². The van der Waals surface area contributed by atoms with Gasteiger partial charge in [-0.3, -0.25) is 0 Å². The maximum Gasteiger partial charge on any atom is 0.161 e. The molecule has 0 amide bonds. The molecule has 16 heavy (non-hydrogen) atoms. The Morgan fingerprint density at radius 2 is 2.06 bits per heavy atom. The van der Waals surface area contributed by atoms with Crippen molar-refractivity contribution in [1.82, 2.24) is 9.97 Å². The number of benzene rings is 1. The number of hydrogen-bond acceptors (Lipinski definition) is 4. The number of ether oxygens (including phenoxy) is 2. The molecule has 0 aliphatic heterocycles. The van der Waals surface area contributed by atoms with E-state index in [1.54, 1.807) is 7.11 Å². The van der Waals surface area contributed by atoms with Crippen molar-refractivity contribution < 1.29 is 9.47 Å². The molecule has 0 saturated heterocycles. The smallest absolute Gasteiger partial charge is 0.161 e. The van der Waals surface area contributed by atoms with Gasteiger partial charge in [0.05, 0.1) is 19.1 Å². The van der Waals surface area contributed by atoms with Crippen LogP contribution >= 0.6 is 0 Å². The van der Waals surface area contributed by atoms with Crippen molar-refractivity contribution in [3.63, 3.8) is 0 Å². The lowest BCUT2D eigenvalue weighted by Crippen LogP contribution is -2.00. The molecule has 5 nitrogen and oxygen atoms in total. The summed E-state index contributed by atoms with van der Waals surface area (Å²) in [4.78, 5) is 6.79. The molecule has 0 aliphatic carbocycles. The summed E-state index contributed by atoms with van der Waals surface area (Å²) in [6.07, 6.45) is 1.54. The average Bonchev–Trinajstić information content (AvgIpc) is 2.72. The first-order valence-corrected chi connectivity index (χ1v) is 4.85. The van der Waals surface area contributed by atoms with Crippen LogP contribution in [0, 0.1) is 0 Å². The maximum absolute atomic E-state index is 5.62. The second-order valence-electron chi connectivity index (χ2n) is 3.21. The van der Waals surface area contributed by atoms with Crippen LogP contribution in [0.1, 0.15) is 5.69 Å². The van der Waals surface area contributed by atoms with E-state index in [-0.39, 0.29) is 0 Å². The number of imidazole rings is 1. The zero-order valence-electron chi connectivity index (χ0n) is 8.93.